The zero-order valence-electron chi connectivity index (χ0n) is 7.25. The second kappa shape index (κ2) is 8.24. The van der Waals surface area contributed by atoms with Gasteiger partial charge in [-0.3, -0.25) is 9.05 Å². The molecule has 0 saturated heterocycles. The molecule has 0 amide bonds. The third-order valence-electron chi connectivity index (χ3n) is 0.917. The van der Waals surface area contributed by atoms with E-state index < -0.39 is 7.82 Å². The number of hydrogen-bond acceptors (Lipinski definition) is 3. The molecular formula is C6H15CuO4P. The molecule has 0 aliphatic heterocycles. The molecular weight excluding hydrogens is 231 g/mol. The third-order valence-corrected chi connectivity index (χ3v) is 1.93. The molecule has 0 aliphatic carbocycles. The first-order valence-corrected chi connectivity index (χ1v) is 5.23. The summed E-state index contributed by atoms with van der Waals surface area (Å²) in [5.41, 5.74) is 0. The van der Waals surface area contributed by atoms with Crippen molar-refractivity contribution < 1.29 is 35.6 Å². The molecule has 1 radical (unpaired) electrons. The molecule has 0 aromatic heterocycles. The van der Waals surface area contributed by atoms with Crippen molar-refractivity contribution in [1.29, 1.82) is 0 Å². The Labute approximate surface area is 83.7 Å². The number of rotatable bonds is 6. The molecule has 1 N–H and O–H groups in total. The van der Waals surface area contributed by atoms with Gasteiger partial charge in [-0.15, -0.1) is 0 Å². The first-order valence-electron chi connectivity index (χ1n) is 3.74. The summed E-state index contributed by atoms with van der Waals surface area (Å²) < 4.78 is 20.0. The van der Waals surface area contributed by atoms with Crippen LogP contribution < -0.4 is 0 Å². The predicted octanol–water partition coefficient (Wildman–Crippen LogP) is 1.94. The Kier molecular flexibility index (Phi) is 10.4. The third kappa shape index (κ3) is 8.72. The van der Waals surface area contributed by atoms with E-state index in [2.05, 4.69) is 9.05 Å². The van der Waals surface area contributed by atoms with Gasteiger partial charge in [0.15, 0.2) is 0 Å². The average molecular weight is 246 g/mol. The molecule has 12 heavy (non-hydrogen) atoms. The van der Waals surface area contributed by atoms with E-state index in [0.29, 0.717) is 12.8 Å². The Morgan fingerprint density at radius 2 is 1.50 bits per heavy atom. The summed E-state index contributed by atoms with van der Waals surface area (Å²) >= 11 is 0. The van der Waals surface area contributed by atoms with Gasteiger partial charge >= 0.3 is 7.82 Å². The van der Waals surface area contributed by atoms with Crippen LogP contribution in [-0.2, 0) is 30.7 Å². The van der Waals surface area contributed by atoms with Crippen LogP contribution in [0, 0.1) is 0 Å². The minimum Gasteiger partial charge on any atom is -0.302 e. The Balaban J connectivity index is 0. The fourth-order valence-electron chi connectivity index (χ4n) is 0.451. The van der Waals surface area contributed by atoms with Crippen LogP contribution in [0.4, 0.5) is 0 Å². The van der Waals surface area contributed by atoms with Gasteiger partial charge in [-0.25, -0.2) is 4.57 Å². The van der Waals surface area contributed by atoms with Crippen LogP contribution >= 0.6 is 7.82 Å². The van der Waals surface area contributed by atoms with Crippen LogP contribution in [0.2, 0.25) is 0 Å². The minimum absolute atomic E-state index is 0. The van der Waals surface area contributed by atoms with Gasteiger partial charge in [0.2, 0.25) is 0 Å². The molecule has 0 bridgehead atoms. The van der Waals surface area contributed by atoms with Crippen LogP contribution in [0.3, 0.4) is 0 Å². The van der Waals surface area contributed by atoms with E-state index in [-0.39, 0.29) is 30.3 Å². The van der Waals surface area contributed by atoms with E-state index in [1.807, 2.05) is 13.8 Å². The van der Waals surface area contributed by atoms with Crippen molar-refractivity contribution in [3.05, 3.63) is 0 Å². The number of hydrogen-bond donors (Lipinski definition) is 1. The van der Waals surface area contributed by atoms with Gasteiger partial charge in [-0.1, -0.05) is 13.8 Å². The van der Waals surface area contributed by atoms with Gasteiger partial charge in [-0.2, -0.15) is 0 Å². The number of phosphoric acid groups is 1. The average Bonchev–Trinajstić information content (AvgIpc) is 1.97. The molecule has 4 nitrogen and oxygen atoms in total. The summed E-state index contributed by atoms with van der Waals surface area (Å²) in [7, 11) is -3.73. The van der Waals surface area contributed by atoms with E-state index in [1.54, 1.807) is 0 Å². The Bertz CT molecular complexity index is 130. The monoisotopic (exact) mass is 245 g/mol. The van der Waals surface area contributed by atoms with Crippen molar-refractivity contribution in [2.24, 2.45) is 0 Å². The first-order chi connectivity index (χ1) is 5.12. The first kappa shape index (κ1) is 15.1. The summed E-state index contributed by atoms with van der Waals surface area (Å²) in [5, 5.41) is 0. The molecule has 0 aliphatic rings. The van der Waals surface area contributed by atoms with Gasteiger partial charge < -0.3 is 4.89 Å². The van der Waals surface area contributed by atoms with Crippen molar-refractivity contribution in [2.45, 2.75) is 26.7 Å². The Morgan fingerprint density at radius 1 is 1.17 bits per heavy atom. The summed E-state index contributed by atoms with van der Waals surface area (Å²) in [4.78, 5) is 8.89. The number of phosphoric ester groups is 1. The molecule has 0 saturated carbocycles. The summed E-state index contributed by atoms with van der Waals surface area (Å²) in [6, 6.07) is 0. The maximum Gasteiger partial charge on any atom is 0.472 e. The summed E-state index contributed by atoms with van der Waals surface area (Å²) in [5.74, 6) is 0. The van der Waals surface area contributed by atoms with E-state index in [9.17, 15) is 4.57 Å². The molecule has 0 rings (SSSR count). The van der Waals surface area contributed by atoms with Crippen molar-refractivity contribution >= 4 is 7.82 Å². The maximum absolute atomic E-state index is 10.8. The molecule has 0 aromatic carbocycles. The van der Waals surface area contributed by atoms with E-state index in [1.165, 1.54) is 0 Å². The second-order valence-corrected chi connectivity index (χ2v) is 3.59. The SMILES string of the molecule is CCCOP(=O)(O)OCCC.[Cu]. The van der Waals surface area contributed by atoms with E-state index in [0.717, 1.165) is 0 Å². The van der Waals surface area contributed by atoms with E-state index in [4.69, 9.17) is 4.89 Å². The van der Waals surface area contributed by atoms with Crippen LogP contribution in [0.1, 0.15) is 26.7 Å². The molecule has 0 fully saturated rings. The van der Waals surface area contributed by atoms with Crippen LogP contribution in [0.15, 0.2) is 0 Å². The topological polar surface area (TPSA) is 55.8 Å². The normalized spacial score (nSPS) is 10.9. The molecule has 79 valence electrons. The Hall–Kier alpha value is 0.629. The smallest absolute Gasteiger partial charge is 0.302 e. The summed E-state index contributed by atoms with van der Waals surface area (Å²) in [6.45, 7) is 4.24. The fraction of sp³-hybridized carbons (Fsp3) is 1.00. The van der Waals surface area contributed by atoms with Gasteiger partial charge in [0.05, 0.1) is 13.2 Å². The van der Waals surface area contributed by atoms with Crippen LogP contribution in [-0.4, -0.2) is 18.1 Å². The van der Waals surface area contributed by atoms with Crippen LogP contribution in [0.5, 0.6) is 0 Å². The molecule has 0 atom stereocenters. The molecule has 0 aromatic rings. The van der Waals surface area contributed by atoms with Crippen molar-refractivity contribution in [3.63, 3.8) is 0 Å². The quantitative estimate of drug-likeness (QED) is 0.574. The largest absolute Gasteiger partial charge is 0.472 e. The fourth-order valence-corrected chi connectivity index (χ4v) is 1.35. The predicted molar refractivity (Wildman–Crippen MR) is 42.3 cm³/mol. The molecule has 0 unspecified atom stereocenters. The van der Waals surface area contributed by atoms with Gasteiger partial charge in [0, 0.05) is 17.1 Å². The van der Waals surface area contributed by atoms with Crippen LogP contribution in [0.25, 0.3) is 0 Å². The summed E-state index contributed by atoms with van der Waals surface area (Å²) in [6.07, 6.45) is 1.42. The zero-order valence-corrected chi connectivity index (χ0v) is 9.09. The zero-order chi connectivity index (χ0) is 8.74. The molecule has 6 heteroatoms. The van der Waals surface area contributed by atoms with E-state index >= 15 is 0 Å². The maximum atomic E-state index is 10.8. The molecule has 0 spiro atoms. The van der Waals surface area contributed by atoms with Crippen molar-refractivity contribution in [3.8, 4) is 0 Å². The van der Waals surface area contributed by atoms with Crippen molar-refractivity contribution in [1.82, 2.24) is 0 Å². The second-order valence-electron chi connectivity index (χ2n) is 2.14. The van der Waals surface area contributed by atoms with Gasteiger partial charge in [0.1, 0.15) is 0 Å². The Morgan fingerprint density at radius 3 is 1.75 bits per heavy atom. The van der Waals surface area contributed by atoms with Crippen molar-refractivity contribution in [2.75, 3.05) is 13.2 Å². The van der Waals surface area contributed by atoms with Gasteiger partial charge in [0.25, 0.3) is 0 Å². The molecule has 0 heterocycles. The van der Waals surface area contributed by atoms with Gasteiger partial charge in [-0.05, 0) is 12.8 Å². The standard InChI is InChI=1S/C6H15O4P.Cu/c1-3-5-9-11(7,8)10-6-4-2;/h3-6H2,1-2H3,(H,7,8);. The minimum atomic E-state index is -3.73.